The monoisotopic (exact) mass is 307 g/mol. The van der Waals surface area contributed by atoms with Crippen molar-refractivity contribution in [2.24, 2.45) is 5.73 Å². The first-order valence-electron chi connectivity index (χ1n) is 7.54. The van der Waals surface area contributed by atoms with Crippen LogP contribution >= 0.6 is 0 Å². The van der Waals surface area contributed by atoms with Gasteiger partial charge in [-0.2, -0.15) is 4.31 Å². The van der Waals surface area contributed by atoms with Gasteiger partial charge < -0.3 is 10.5 Å². The summed E-state index contributed by atoms with van der Waals surface area (Å²) >= 11 is 0. The average molecular weight is 307 g/mol. The predicted octanol–water partition coefficient (Wildman–Crippen LogP) is 0.0977. The highest BCUT2D eigenvalue weighted by Gasteiger charge is 2.28. The van der Waals surface area contributed by atoms with E-state index in [-0.39, 0.29) is 12.4 Å². The SMILES string of the molecule is CCCC(CN)N1CCN(S(=O)(=O)CCOCC)CC1. The van der Waals surface area contributed by atoms with Crippen LogP contribution in [-0.2, 0) is 14.8 Å². The van der Waals surface area contributed by atoms with Crippen molar-refractivity contribution < 1.29 is 13.2 Å². The minimum atomic E-state index is -3.17. The smallest absolute Gasteiger partial charge is 0.216 e. The molecule has 0 saturated carbocycles. The third-order valence-corrected chi connectivity index (χ3v) is 5.60. The van der Waals surface area contributed by atoms with Crippen LogP contribution in [0.25, 0.3) is 0 Å². The second-order valence-corrected chi connectivity index (χ2v) is 7.21. The molecule has 0 spiro atoms. The number of rotatable bonds is 9. The van der Waals surface area contributed by atoms with Gasteiger partial charge in [0, 0.05) is 45.4 Å². The van der Waals surface area contributed by atoms with E-state index in [1.165, 1.54) is 0 Å². The molecule has 2 N–H and O–H groups in total. The van der Waals surface area contributed by atoms with E-state index in [2.05, 4.69) is 11.8 Å². The highest BCUT2D eigenvalue weighted by Crippen LogP contribution is 2.13. The minimum Gasteiger partial charge on any atom is -0.381 e. The van der Waals surface area contributed by atoms with Crippen LogP contribution in [0.4, 0.5) is 0 Å². The van der Waals surface area contributed by atoms with Crippen molar-refractivity contribution >= 4 is 10.0 Å². The molecule has 1 aliphatic rings. The number of hydrogen-bond acceptors (Lipinski definition) is 5. The lowest BCUT2D eigenvalue weighted by Crippen LogP contribution is -2.54. The molecule has 7 heteroatoms. The number of ether oxygens (including phenoxy) is 1. The van der Waals surface area contributed by atoms with Crippen LogP contribution in [0.5, 0.6) is 0 Å². The molecule has 0 amide bonds. The Morgan fingerprint density at radius 2 is 1.85 bits per heavy atom. The molecule has 0 aliphatic carbocycles. The Kier molecular flexibility index (Phi) is 7.98. The van der Waals surface area contributed by atoms with Gasteiger partial charge in [0.1, 0.15) is 0 Å². The van der Waals surface area contributed by atoms with Gasteiger partial charge >= 0.3 is 0 Å². The lowest BCUT2D eigenvalue weighted by atomic mass is 10.1. The number of hydrogen-bond donors (Lipinski definition) is 1. The molecule has 0 aromatic rings. The van der Waals surface area contributed by atoms with E-state index in [0.29, 0.717) is 32.3 Å². The molecule has 1 fully saturated rings. The molecule has 6 nitrogen and oxygen atoms in total. The highest BCUT2D eigenvalue weighted by molar-refractivity contribution is 7.89. The van der Waals surface area contributed by atoms with Gasteiger partial charge in [0.25, 0.3) is 0 Å². The van der Waals surface area contributed by atoms with E-state index in [9.17, 15) is 8.42 Å². The first-order chi connectivity index (χ1) is 9.55. The van der Waals surface area contributed by atoms with Crippen LogP contribution in [0.3, 0.4) is 0 Å². The Bertz CT molecular complexity index is 354. The van der Waals surface area contributed by atoms with Crippen molar-refractivity contribution in [1.82, 2.24) is 9.21 Å². The van der Waals surface area contributed by atoms with E-state index < -0.39 is 10.0 Å². The lowest BCUT2D eigenvalue weighted by molar-refractivity contribution is 0.131. The first-order valence-corrected chi connectivity index (χ1v) is 9.15. The molecule has 1 atom stereocenters. The van der Waals surface area contributed by atoms with Crippen molar-refractivity contribution in [2.45, 2.75) is 32.7 Å². The Balaban J connectivity index is 2.44. The van der Waals surface area contributed by atoms with E-state index >= 15 is 0 Å². The quantitative estimate of drug-likeness (QED) is 0.611. The van der Waals surface area contributed by atoms with Crippen LogP contribution in [0.2, 0.25) is 0 Å². The summed E-state index contributed by atoms with van der Waals surface area (Å²) in [5, 5.41) is 0. The van der Waals surface area contributed by atoms with Crippen molar-refractivity contribution in [2.75, 3.05) is 51.7 Å². The number of nitrogens with zero attached hydrogens (tertiary/aromatic N) is 2. The Labute approximate surface area is 123 Å². The summed E-state index contributed by atoms with van der Waals surface area (Å²) in [5.41, 5.74) is 5.80. The fourth-order valence-corrected chi connectivity index (χ4v) is 3.87. The molecular formula is C13H29N3O3S. The molecule has 0 aromatic heterocycles. The van der Waals surface area contributed by atoms with Crippen molar-refractivity contribution in [3.63, 3.8) is 0 Å². The molecule has 1 rings (SSSR count). The van der Waals surface area contributed by atoms with Gasteiger partial charge in [0.05, 0.1) is 12.4 Å². The molecule has 20 heavy (non-hydrogen) atoms. The second kappa shape index (κ2) is 8.94. The van der Waals surface area contributed by atoms with Crippen molar-refractivity contribution in [3.05, 3.63) is 0 Å². The zero-order chi connectivity index (χ0) is 15.0. The highest BCUT2D eigenvalue weighted by atomic mass is 32.2. The van der Waals surface area contributed by atoms with Crippen LogP contribution in [0.15, 0.2) is 0 Å². The van der Waals surface area contributed by atoms with Gasteiger partial charge in [-0.15, -0.1) is 0 Å². The summed E-state index contributed by atoms with van der Waals surface area (Å²) in [6.45, 7) is 8.17. The largest absolute Gasteiger partial charge is 0.381 e. The summed E-state index contributed by atoms with van der Waals surface area (Å²) in [7, 11) is -3.17. The third-order valence-electron chi connectivity index (χ3n) is 3.77. The first kappa shape index (κ1) is 17.8. The van der Waals surface area contributed by atoms with E-state index in [1.54, 1.807) is 4.31 Å². The topological polar surface area (TPSA) is 75.9 Å². The summed E-state index contributed by atoms with van der Waals surface area (Å²) < 4.78 is 31.0. The molecule has 1 aliphatic heterocycles. The van der Waals surface area contributed by atoms with Gasteiger partial charge in [0.15, 0.2) is 0 Å². The lowest BCUT2D eigenvalue weighted by Gasteiger charge is -2.38. The molecular weight excluding hydrogens is 278 g/mol. The molecule has 1 unspecified atom stereocenters. The Hall–Kier alpha value is -0.210. The zero-order valence-electron chi connectivity index (χ0n) is 12.8. The fourth-order valence-electron chi connectivity index (χ4n) is 2.57. The second-order valence-electron chi connectivity index (χ2n) is 5.13. The van der Waals surface area contributed by atoms with Crippen LogP contribution in [-0.4, -0.2) is 75.4 Å². The Morgan fingerprint density at radius 1 is 1.20 bits per heavy atom. The maximum absolute atomic E-state index is 12.1. The fraction of sp³-hybridized carbons (Fsp3) is 1.00. The van der Waals surface area contributed by atoms with E-state index in [1.807, 2.05) is 6.92 Å². The van der Waals surface area contributed by atoms with Gasteiger partial charge in [-0.3, -0.25) is 4.90 Å². The summed E-state index contributed by atoms with van der Waals surface area (Å²) in [6.07, 6.45) is 2.18. The Morgan fingerprint density at radius 3 is 2.35 bits per heavy atom. The predicted molar refractivity (Wildman–Crippen MR) is 81.2 cm³/mol. The number of nitrogens with two attached hydrogens (primary N) is 1. The van der Waals surface area contributed by atoms with Crippen LogP contribution in [0, 0.1) is 0 Å². The molecule has 1 heterocycles. The molecule has 0 aromatic carbocycles. The van der Waals surface area contributed by atoms with E-state index in [4.69, 9.17) is 10.5 Å². The normalized spacial score (nSPS) is 20.1. The number of sulfonamides is 1. The molecule has 0 bridgehead atoms. The molecule has 1 saturated heterocycles. The molecule has 120 valence electrons. The van der Waals surface area contributed by atoms with Gasteiger partial charge in [0.2, 0.25) is 10.0 Å². The summed E-state index contributed by atoms with van der Waals surface area (Å²) in [5.74, 6) is 0.0795. The van der Waals surface area contributed by atoms with Crippen LogP contribution in [0.1, 0.15) is 26.7 Å². The van der Waals surface area contributed by atoms with Crippen LogP contribution < -0.4 is 5.73 Å². The third kappa shape index (κ3) is 5.29. The summed E-state index contributed by atoms with van der Waals surface area (Å²) in [4.78, 5) is 2.32. The van der Waals surface area contributed by atoms with Gasteiger partial charge in [-0.1, -0.05) is 13.3 Å². The van der Waals surface area contributed by atoms with Gasteiger partial charge in [-0.25, -0.2) is 8.42 Å². The van der Waals surface area contributed by atoms with Crippen molar-refractivity contribution in [3.8, 4) is 0 Å². The number of piperazine rings is 1. The maximum Gasteiger partial charge on any atom is 0.216 e. The molecule has 0 radical (unpaired) electrons. The standard InChI is InChI=1S/C13H29N3O3S/c1-3-5-13(12-14)15-6-8-16(9-7-15)20(17,18)11-10-19-4-2/h13H,3-12,14H2,1-2H3. The summed E-state index contributed by atoms with van der Waals surface area (Å²) in [6, 6.07) is 0.383. The van der Waals surface area contributed by atoms with Gasteiger partial charge in [-0.05, 0) is 13.3 Å². The van der Waals surface area contributed by atoms with Crippen molar-refractivity contribution in [1.29, 1.82) is 0 Å². The average Bonchev–Trinajstić information content (AvgIpc) is 2.45. The zero-order valence-corrected chi connectivity index (χ0v) is 13.6. The maximum atomic E-state index is 12.1. The van der Waals surface area contributed by atoms with E-state index in [0.717, 1.165) is 25.9 Å². The minimum absolute atomic E-state index is 0.0795.